The molecule has 1 aliphatic rings. The van der Waals surface area contributed by atoms with Crippen LogP contribution >= 0.6 is 11.3 Å². The van der Waals surface area contributed by atoms with Gasteiger partial charge in [0.2, 0.25) is 5.78 Å². The molecule has 8 heteroatoms. The van der Waals surface area contributed by atoms with Gasteiger partial charge in [0.05, 0.1) is 4.88 Å². The van der Waals surface area contributed by atoms with Gasteiger partial charge in [0.15, 0.2) is 6.61 Å². The summed E-state index contributed by atoms with van der Waals surface area (Å²) in [5, 5.41) is 2.65. The number of ether oxygens (including phenoxy) is 1. The predicted molar refractivity (Wildman–Crippen MR) is 97.1 cm³/mol. The van der Waals surface area contributed by atoms with E-state index in [4.69, 9.17) is 4.74 Å². The van der Waals surface area contributed by atoms with Crippen LogP contribution in [0.3, 0.4) is 0 Å². The average Bonchev–Trinajstić information content (AvgIpc) is 3.08. The number of thiophene rings is 1. The van der Waals surface area contributed by atoms with Crippen LogP contribution < -0.4 is 5.32 Å². The molecule has 26 heavy (non-hydrogen) atoms. The second-order valence-electron chi connectivity index (χ2n) is 7.08. The summed E-state index contributed by atoms with van der Waals surface area (Å²) in [4.78, 5) is 50.8. The number of rotatable bonds is 8. The molecule has 142 valence electrons. The van der Waals surface area contributed by atoms with Crippen molar-refractivity contribution in [2.75, 3.05) is 13.2 Å². The number of nitrogens with zero attached hydrogens (tertiary/aromatic N) is 1. The Labute approximate surface area is 156 Å². The van der Waals surface area contributed by atoms with Crippen LogP contribution in [0, 0.1) is 12.8 Å². The third-order valence-corrected chi connectivity index (χ3v) is 5.28. The van der Waals surface area contributed by atoms with Crippen molar-refractivity contribution < 1.29 is 23.9 Å². The number of carbonyl (C=O) groups excluding carboxylic acids is 4. The quantitative estimate of drug-likeness (QED) is 0.425. The highest BCUT2D eigenvalue weighted by atomic mass is 32.1. The van der Waals surface area contributed by atoms with Crippen LogP contribution in [0.4, 0.5) is 4.79 Å². The molecule has 0 saturated carbocycles. The largest absolute Gasteiger partial charge is 0.456 e. The summed E-state index contributed by atoms with van der Waals surface area (Å²) in [6, 6.07) is 2.87. The number of imide groups is 1. The van der Waals surface area contributed by atoms with E-state index in [0.29, 0.717) is 17.2 Å². The van der Waals surface area contributed by atoms with Gasteiger partial charge in [-0.1, -0.05) is 13.8 Å². The van der Waals surface area contributed by atoms with Crippen LogP contribution in [-0.2, 0) is 14.3 Å². The number of hydrogen-bond donors (Lipinski definition) is 1. The number of ketones is 1. The molecule has 1 N–H and O–H groups in total. The Bertz CT molecular complexity index is 727. The van der Waals surface area contributed by atoms with Gasteiger partial charge >= 0.3 is 12.0 Å². The van der Waals surface area contributed by atoms with Crippen LogP contribution in [0.5, 0.6) is 0 Å². The maximum atomic E-state index is 12.5. The number of aryl methyl sites for hydroxylation is 1. The van der Waals surface area contributed by atoms with E-state index in [-0.39, 0.29) is 5.78 Å². The minimum absolute atomic E-state index is 0.310. The molecule has 1 aromatic rings. The van der Waals surface area contributed by atoms with E-state index >= 15 is 0 Å². The second-order valence-corrected chi connectivity index (χ2v) is 8.37. The highest BCUT2D eigenvalue weighted by molar-refractivity contribution is 7.14. The molecule has 1 saturated heterocycles. The Hall–Kier alpha value is -2.22. The molecule has 1 aromatic heterocycles. The summed E-state index contributed by atoms with van der Waals surface area (Å²) in [5.74, 6) is -1.15. The molecule has 0 aromatic carbocycles. The van der Waals surface area contributed by atoms with E-state index in [2.05, 4.69) is 5.32 Å². The van der Waals surface area contributed by atoms with Crippen LogP contribution in [0.15, 0.2) is 12.1 Å². The highest BCUT2D eigenvalue weighted by Gasteiger charge is 2.48. The maximum absolute atomic E-state index is 12.5. The molecule has 3 amide bonds. The summed E-state index contributed by atoms with van der Waals surface area (Å²) in [5.41, 5.74) is -1.01. The summed E-state index contributed by atoms with van der Waals surface area (Å²) in [7, 11) is 0. The van der Waals surface area contributed by atoms with Gasteiger partial charge in [-0.3, -0.25) is 19.3 Å². The summed E-state index contributed by atoms with van der Waals surface area (Å²) in [6.45, 7) is 6.69. The first-order valence-electron chi connectivity index (χ1n) is 8.52. The smallest absolute Gasteiger partial charge is 0.326 e. The first kappa shape index (κ1) is 20.1. The number of carbonyl (C=O) groups is 4. The first-order valence-corrected chi connectivity index (χ1v) is 9.33. The zero-order valence-electron chi connectivity index (χ0n) is 15.5. The summed E-state index contributed by atoms with van der Waals surface area (Å²) in [6.07, 6.45) is 1.27. The lowest BCUT2D eigenvalue weighted by molar-refractivity contribution is -0.146. The van der Waals surface area contributed by atoms with Crippen LogP contribution in [-0.4, -0.2) is 47.3 Å². The average molecular weight is 380 g/mol. The topological polar surface area (TPSA) is 92.8 Å². The van der Waals surface area contributed by atoms with Gasteiger partial charge in [-0.05, 0) is 44.7 Å². The molecule has 0 aliphatic carbocycles. The zero-order valence-corrected chi connectivity index (χ0v) is 16.3. The van der Waals surface area contributed by atoms with Crippen molar-refractivity contribution in [1.29, 1.82) is 0 Å². The van der Waals surface area contributed by atoms with Crippen molar-refractivity contribution in [1.82, 2.24) is 10.2 Å². The van der Waals surface area contributed by atoms with Gasteiger partial charge in [0.25, 0.3) is 5.91 Å². The lowest BCUT2D eigenvalue weighted by Crippen LogP contribution is -2.44. The number of esters is 1. The fraction of sp³-hybridized carbons (Fsp3) is 0.556. The van der Waals surface area contributed by atoms with Crippen molar-refractivity contribution in [3.8, 4) is 0 Å². The molecule has 0 spiro atoms. The molecule has 0 radical (unpaired) electrons. The predicted octanol–water partition coefficient (Wildman–Crippen LogP) is 2.53. The van der Waals surface area contributed by atoms with Crippen molar-refractivity contribution >= 4 is 35.0 Å². The van der Waals surface area contributed by atoms with Crippen molar-refractivity contribution in [2.24, 2.45) is 5.92 Å². The Balaban J connectivity index is 1.89. The SMILES string of the molecule is Cc1ccc(C(=O)COC(=O)CN2C(=O)N[C@](C)(CCC(C)C)C2=O)s1. The van der Waals surface area contributed by atoms with Gasteiger partial charge in [-0.25, -0.2) is 4.79 Å². The lowest BCUT2D eigenvalue weighted by Gasteiger charge is -2.22. The monoisotopic (exact) mass is 380 g/mol. The molecule has 0 bridgehead atoms. The fourth-order valence-corrected chi connectivity index (χ4v) is 3.41. The van der Waals surface area contributed by atoms with E-state index in [1.165, 1.54) is 11.3 Å². The molecule has 1 fully saturated rings. The molecule has 1 aliphatic heterocycles. The third kappa shape index (κ3) is 4.69. The summed E-state index contributed by atoms with van der Waals surface area (Å²) < 4.78 is 4.94. The Morgan fingerprint density at radius 1 is 1.31 bits per heavy atom. The zero-order chi connectivity index (χ0) is 19.5. The van der Waals surface area contributed by atoms with E-state index in [9.17, 15) is 19.2 Å². The molecule has 1 atom stereocenters. The van der Waals surface area contributed by atoms with Crippen molar-refractivity contribution in [3.05, 3.63) is 21.9 Å². The second kappa shape index (κ2) is 7.99. The number of hydrogen-bond acceptors (Lipinski definition) is 6. The highest BCUT2D eigenvalue weighted by Crippen LogP contribution is 2.24. The molecule has 0 unspecified atom stereocenters. The fourth-order valence-electron chi connectivity index (χ4n) is 2.61. The van der Waals surface area contributed by atoms with Crippen LogP contribution in [0.1, 0.15) is 48.2 Å². The maximum Gasteiger partial charge on any atom is 0.326 e. The minimum atomic E-state index is -1.01. The van der Waals surface area contributed by atoms with Crippen LogP contribution in [0.25, 0.3) is 0 Å². The number of amides is 3. The van der Waals surface area contributed by atoms with Gasteiger partial charge in [-0.2, -0.15) is 0 Å². The number of Topliss-reactive ketones (excluding diaryl/α,β-unsaturated/α-hetero) is 1. The van der Waals surface area contributed by atoms with Gasteiger partial charge in [-0.15, -0.1) is 11.3 Å². The standard InChI is InChI=1S/C18H24N2O5S/c1-11(2)7-8-18(4)16(23)20(17(24)19-18)9-15(22)25-10-13(21)14-6-5-12(3)26-14/h5-6,11H,7-10H2,1-4H3,(H,19,24)/t18-/m1/s1. The van der Waals surface area contributed by atoms with Gasteiger partial charge in [0, 0.05) is 4.88 Å². The third-order valence-electron chi connectivity index (χ3n) is 4.23. The van der Waals surface area contributed by atoms with E-state index in [0.717, 1.165) is 16.2 Å². The number of urea groups is 1. The van der Waals surface area contributed by atoms with Crippen LogP contribution in [0.2, 0.25) is 0 Å². The Morgan fingerprint density at radius 3 is 2.58 bits per heavy atom. The Kier molecular flexibility index (Phi) is 6.17. The molecular formula is C18H24N2O5S. The molecule has 2 heterocycles. The lowest BCUT2D eigenvalue weighted by atomic mass is 9.92. The minimum Gasteiger partial charge on any atom is -0.456 e. The first-order chi connectivity index (χ1) is 12.1. The normalized spacial score (nSPS) is 19.8. The Morgan fingerprint density at radius 2 is 2.00 bits per heavy atom. The van der Waals surface area contributed by atoms with Gasteiger partial charge < -0.3 is 10.1 Å². The summed E-state index contributed by atoms with van der Waals surface area (Å²) >= 11 is 1.32. The molecular weight excluding hydrogens is 356 g/mol. The van der Waals surface area contributed by atoms with E-state index in [1.54, 1.807) is 13.0 Å². The van der Waals surface area contributed by atoms with Crippen molar-refractivity contribution in [3.63, 3.8) is 0 Å². The molecule has 2 rings (SSSR count). The van der Waals surface area contributed by atoms with E-state index < -0.39 is 36.6 Å². The van der Waals surface area contributed by atoms with E-state index in [1.807, 2.05) is 26.8 Å². The van der Waals surface area contributed by atoms with Gasteiger partial charge in [0.1, 0.15) is 12.1 Å². The number of nitrogens with one attached hydrogen (secondary N) is 1. The van der Waals surface area contributed by atoms with Crippen molar-refractivity contribution in [2.45, 2.75) is 46.1 Å². The molecule has 7 nitrogen and oxygen atoms in total.